The summed E-state index contributed by atoms with van der Waals surface area (Å²) in [6, 6.07) is 20.3. The third-order valence-corrected chi connectivity index (χ3v) is 5.16. The number of anilines is 2. The van der Waals surface area contributed by atoms with Gasteiger partial charge >= 0.3 is 5.97 Å². The number of carbonyl (C=O) groups excluding carboxylic acids is 1. The van der Waals surface area contributed by atoms with Gasteiger partial charge < -0.3 is 20.1 Å². The number of nitrogens with zero attached hydrogens (tertiary/aromatic N) is 2. The summed E-state index contributed by atoms with van der Waals surface area (Å²) in [7, 11) is 0. The molecule has 0 saturated carbocycles. The average molecular weight is 418 g/mol. The molecule has 0 bridgehead atoms. The first-order valence-corrected chi connectivity index (χ1v) is 10.3. The zero-order chi connectivity index (χ0) is 22.5. The molecule has 0 aliphatic carbocycles. The van der Waals surface area contributed by atoms with Gasteiger partial charge in [0.15, 0.2) is 0 Å². The zero-order valence-electron chi connectivity index (χ0n) is 18.3. The maximum atomic E-state index is 12.7. The Kier molecular flexibility index (Phi) is 6.66. The van der Waals surface area contributed by atoms with E-state index in [4.69, 9.17) is 15.2 Å². The Labute approximate surface area is 183 Å². The van der Waals surface area contributed by atoms with Gasteiger partial charge in [-0.3, -0.25) is 0 Å². The standard InChI is InChI=1S/C25H27N3O3/c1-5-30-25(29)22-17(4)31-24(27)21(15-26)23(22)18-11-13-20(14-12-18)28(16(2)3)19-9-7-6-8-10-19/h6-14,16,23H,5,27H2,1-4H3. The molecular formula is C25H27N3O3. The molecule has 160 valence electrons. The lowest BCUT2D eigenvalue weighted by Crippen LogP contribution is -2.26. The van der Waals surface area contributed by atoms with Crippen LogP contribution in [0.3, 0.4) is 0 Å². The van der Waals surface area contributed by atoms with E-state index in [1.165, 1.54) is 0 Å². The molecular weight excluding hydrogens is 390 g/mol. The van der Waals surface area contributed by atoms with Crippen LogP contribution in [0.5, 0.6) is 0 Å². The molecule has 0 fully saturated rings. The molecule has 1 heterocycles. The van der Waals surface area contributed by atoms with E-state index >= 15 is 0 Å². The van der Waals surface area contributed by atoms with Gasteiger partial charge in [0.2, 0.25) is 5.88 Å². The smallest absolute Gasteiger partial charge is 0.338 e. The van der Waals surface area contributed by atoms with E-state index in [1.807, 2.05) is 42.5 Å². The summed E-state index contributed by atoms with van der Waals surface area (Å²) >= 11 is 0. The fraction of sp³-hybridized carbons (Fsp3) is 0.280. The number of hydrogen-bond donors (Lipinski definition) is 1. The van der Waals surface area contributed by atoms with Crippen molar-refractivity contribution in [3.63, 3.8) is 0 Å². The Bertz CT molecular complexity index is 1050. The summed E-state index contributed by atoms with van der Waals surface area (Å²) in [5.41, 5.74) is 9.33. The Morgan fingerprint density at radius 2 is 1.77 bits per heavy atom. The largest absolute Gasteiger partial charge is 0.463 e. The quantitative estimate of drug-likeness (QED) is 0.674. The molecule has 0 spiro atoms. The Hall–Kier alpha value is -3.72. The van der Waals surface area contributed by atoms with Crippen molar-refractivity contribution >= 4 is 17.3 Å². The van der Waals surface area contributed by atoms with Crippen molar-refractivity contribution in [3.8, 4) is 6.07 Å². The van der Waals surface area contributed by atoms with Crippen molar-refractivity contribution in [2.75, 3.05) is 11.5 Å². The highest BCUT2D eigenvalue weighted by Gasteiger charge is 2.36. The molecule has 0 aromatic heterocycles. The second-order valence-electron chi connectivity index (χ2n) is 7.51. The van der Waals surface area contributed by atoms with Gasteiger partial charge in [-0.05, 0) is 57.5 Å². The average Bonchev–Trinajstić information content (AvgIpc) is 2.74. The first-order valence-electron chi connectivity index (χ1n) is 10.3. The van der Waals surface area contributed by atoms with E-state index in [2.05, 4.69) is 36.9 Å². The van der Waals surface area contributed by atoms with E-state index in [0.717, 1.165) is 16.9 Å². The molecule has 3 rings (SSSR count). The fourth-order valence-electron chi connectivity index (χ4n) is 3.85. The lowest BCUT2D eigenvalue weighted by Gasteiger charge is -2.30. The van der Waals surface area contributed by atoms with Crippen molar-refractivity contribution in [2.24, 2.45) is 5.73 Å². The molecule has 0 saturated heterocycles. The minimum Gasteiger partial charge on any atom is -0.463 e. The highest BCUT2D eigenvalue weighted by Crippen LogP contribution is 2.40. The Balaban J connectivity index is 2.05. The summed E-state index contributed by atoms with van der Waals surface area (Å²) in [4.78, 5) is 14.9. The lowest BCUT2D eigenvalue weighted by atomic mass is 9.83. The Morgan fingerprint density at radius 1 is 1.16 bits per heavy atom. The van der Waals surface area contributed by atoms with E-state index in [0.29, 0.717) is 11.3 Å². The highest BCUT2D eigenvalue weighted by molar-refractivity contribution is 5.92. The van der Waals surface area contributed by atoms with Crippen LogP contribution in [-0.2, 0) is 14.3 Å². The van der Waals surface area contributed by atoms with Crippen molar-refractivity contribution in [1.29, 1.82) is 5.26 Å². The van der Waals surface area contributed by atoms with Gasteiger partial charge in [-0.2, -0.15) is 5.26 Å². The number of ether oxygens (including phenoxy) is 2. The van der Waals surface area contributed by atoms with Crippen LogP contribution in [0.25, 0.3) is 0 Å². The number of rotatable bonds is 6. The number of allylic oxidation sites excluding steroid dienone is 2. The molecule has 1 atom stereocenters. The molecule has 1 aliphatic rings. The van der Waals surface area contributed by atoms with Crippen LogP contribution in [0, 0.1) is 11.3 Å². The summed E-state index contributed by atoms with van der Waals surface area (Å²) < 4.78 is 10.7. The molecule has 1 aliphatic heterocycles. The first-order chi connectivity index (χ1) is 14.9. The number of para-hydroxylation sites is 1. The third-order valence-electron chi connectivity index (χ3n) is 5.16. The fourth-order valence-corrected chi connectivity index (χ4v) is 3.85. The molecule has 2 aromatic rings. The van der Waals surface area contributed by atoms with Gasteiger partial charge in [0.1, 0.15) is 17.4 Å². The topological polar surface area (TPSA) is 88.6 Å². The third kappa shape index (κ3) is 4.41. The van der Waals surface area contributed by atoms with Crippen LogP contribution >= 0.6 is 0 Å². The molecule has 2 aromatic carbocycles. The van der Waals surface area contributed by atoms with Gasteiger partial charge in [0.25, 0.3) is 0 Å². The van der Waals surface area contributed by atoms with Crippen molar-refractivity contribution in [2.45, 2.75) is 39.7 Å². The highest BCUT2D eigenvalue weighted by atomic mass is 16.5. The van der Waals surface area contributed by atoms with Crippen LogP contribution < -0.4 is 10.6 Å². The first kappa shape index (κ1) is 22.0. The number of benzene rings is 2. The molecule has 0 radical (unpaired) electrons. The molecule has 0 amide bonds. The van der Waals surface area contributed by atoms with Gasteiger partial charge in [0.05, 0.1) is 18.1 Å². The zero-order valence-corrected chi connectivity index (χ0v) is 18.3. The summed E-state index contributed by atoms with van der Waals surface area (Å²) in [6.07, 6.45) is 0. The molecule has 1 unspecified atom stereocenters. The van der Waals surface area contributed by atoms with Crippen molar-refractivity contribution in [1.82, 2.24) is 0 Å². The van der Waals surface area contributed by atoms with Crippen LogP contribution in [-0.4, -0.2) is 18.6 Å². The predicted octanol–water partition coefficient (Wildman–Crippen LogP) is 4.88. The van der Waals surface area contributed by atoms with E-state index in [1.54, 1.807) is 13.8 Å². The predicted molar refractivity (Wildman–Crippen MR) is 120 cm³/mol. The second-order valence-corrected chi connectivity index (χ2v) is 7.51. The van der Waals surface area contributed by atoms with E-state index in [-0.39, 0.29) is 24.1 Å². The molecule has 31 heavy (non-hydrogen) atoms. The van der Waals surface area contributed by atoms with E-state index < -0.39 is 11.9 Å². The number of nitrogens with two attached hydrogens (primary N) is 1. The number of nitriles is 1. The Morgan fingerprint density at radius 3 is 2.32 bits per heavy atom. The second kappa shape index (κ2) is 9.40. The van der Waals surface area contributed by atoms with Crippen molar-refractivity contribution < 1.29 is 14.3 Å². The maximum absolute atomic E-state index is 12.7. The molecule has 6 heteroatoms. The minimum absolute atomic E-state index is 0.00946. The number of esters is 1. The van der Waals surface area contributed by atoms with E-state index in [9.17, 15) is 10.1 Å². The summed E-state index contributed by atoms with van der Waals surface area (Å²) in [5, 5.41) is 9.72. The van der Waals surface area contributed by atoms with Gasteiger partial charge in [-0.25, -0.2) is 4.79 Å². The normalized spacial score (nSPS) is 16.1. The summed E-state index contributed by atoms with van der Waals surface area (Å²) in [6.45, 7) is 7.87. The lowest BCUT2D eigenvalue weighted by molar-refractivity contribution is -0.139. The van der Waals surface area contributed by atoms with Crippen LogP contribution in [0.2, 0.25) is 0 Å². The SMILES string of the molecule is CCOC(=O)C1=C(C)OC(N)=C(C#N)C1c1ccc(N(c2ccccc2)C(C)C)cc1. The number of carbonyl (C=O) groups is 1. The molecule has 2 N–H and O–H groups in total. The maximum Gasteiger partial charge on any atom is 0.338 e. The van der Waals surface area contributed by atoms with Crippen LogP contribution in [0.15, 0.2) is 77.4 Å². The number of hydrogen-bond acceptors (Lipinski definition) is 6. The van der Waals surface area contributed by atoms with Gasteiger partial charge in [-0.15, -0.1) is 0 Å². The minimum atomic E-state index is -0.643. The van der Waals surface area contributed by atoms with Gasteiger partial charge in [0, 0.05) is 17.4 Å². The summed E-state index contributed by atoms with van der Waals surface area (Å²) in [5.74, 6) is -0.800. The molecule has 6 nitrogen and oxygen atoms in total. The monoisotopic (exact) mass is 417 g/mol. The van der Waals surface area contributed by atoms with Crippen LogP contribution in [0.4, 0.5) is 11.4 Å². The van der Waals surface area contributed by atoms with Crippen molar-refractivity contribution in [3.05, 3.63) is 82.9 Å². The van der Waals surface area contributed by atoms with Gasteiger partial charge in [-0.1, -0.05) is 30.3 Å². The van der Waals surface area contributed by atoms with Crippen LogP contribution in [0.1, 0.15) is 39.2 Å².